The van der Waals surface area contributed by atoms with Gasteiger partial charge in [-0.2, -0.15) is 0 Å². The summed E-state index contributed by atoms with van der Waals surface area (Å²) in [7, 11) is 0. The van der Waals surface area contributed by atoms with Crippen LogP contribution in [0.4, 0.5) is 10.1 Å². The number of hydrogen-bond donors (Lipinski definition) is 0. The molecular formula is C12H12ClFN2O2S. The van der Waals surface area contributed by atoms with Gasteiger partial charge in [0.1, 0.15) is 5.82 Å². The Kier molecular flexibility index (Phi) is 5.54. The lowest BCUT2D eigenvalue weighted by Gasteiger charge is -2.27. The highest BCUT2D eigenvalue weighted by Gasteiger charge is 2.33. The number of thiocarbonyl (C=S) groups is 1. The van der Waals surface area contributed by atoms with Crippen molar-refractivity contribution in [1.82, 2.24) is 0 Å². The number of nitro benzene ring substituents is 1. The molecule has 1 aromatic rings. The van der Waals surface area contributed by atoms with Crippen molar-refractivity contribution in [1.29, 1.82) is 0 Å². The highest BCUT2D eigenvalue weighted by Crippen LogP contribution is 2.36. The fourth-order valence-electron chi connectivity index (χ4n) is 1.92. The summed E-state index contributed by atoms with van der Waals surface area (Å²) in [6.45, 7) is 1.79. The maximum atomic E-state index is 14.0. The summed E-state index contributed by atoms with van der Waals surface area (Å²) < 4.78 is 14.0. The number of nitro groups is 1. The van der Waals surface area contributed by atoms with E-state index in [2.05, 4.69) is 22.4 Å². The van der Waals surface area contributed by atoms with E-state index in [-0.39, 0.29) is 17.1 Å². The average molecular weight is 303 g/mol. The molecule has 4 nitrogen and oxygen atoms in total. The molecule has 0 heterocycles. The molecule has 0 aliphatic heterocycles. The predicted octanol–water partition coefficient (Wildman–Crippen LogP) is 4.07. The maximum absolute atomic E-state index is 14.0. The van der Waals surface area contributed by atoms with Gasteiger partial charge in [-0.1, -0.05) is 6.92 Å². The molecular weight excluding hydrogens is 291 g/mol. The standard InChI is InChI=1S/C12H12ClFN2O2S/c1-2-12(5-6-13,15-8-19)10-7-9(16(17)18)3-4-11(10)14/h3-4,7H,2,5-6H2,1H3/t12-/m1/s1. The van der Waals surface area contributed by atoms with Crippen LogP contribution in [0.3, 0.4) is 0 Å². The summed E-state index contributed by atoms with van der Waals surface area (Å²) in [5.41, 5.74) is -1.06. The molecule has 7 heteroatoms. The Balaban J connectivity index is 3.48. The van der Waals surface area contributed by atoms with E-state index in [9.17, 15) is 14.5 Å². The lowest BCUT2D eigenvalue weighted by molar-refractivity contribution is -0.385. The molecule has 0 aromatic heterocycles. The van der Waals surface area contributed by atoms with Crippen molar-refractivity contribution in [3.05, 3.63) is 39.7 Å². The molecule has 0 aliphatic rings. The second kappa shape index (κ2) is 6.70. The third kappa shape index (κ3) is 3.35. The lowest BCUT2D eigenvalue weighted by Crippen LogP contribution is -2.25. The molecule has 0 N–H and O–H groups in total. The fraction of sp³-hybridized carbons (Fsp3) is 0.417. The highest BCUT2D eigenvalue weighted by atomic mass is 35.5. The van der Waals surface area contributed by atoms with Gasteiger partial charge in [0.2, 0.25) is 0 Å². The molecule has 1 rings (SSSR count). The zero-order chi connectivity index (χ0) is 14.5. The Morgan fingerprint density at radius 1 is 1.63 bits per heavy atom. The molecule has 0 saturated heterocycles. The molecule has 102 valence electrons. The molecule has 1 aromatic carbocycles. The first-order chi connectivity index (χ1) is 9.00. The quantitative estimate of drug-likeness (QED) is 0.262. The summed E-state index contributed by atoms with van der Waals surface area (Å²) in [5, 5.41) is 13.0. The molecule has 0 radical (unpaired) electrons. The average Bonchev–Trinajstić information content (AvgIpc) is 2.38. The Morgan fingerprint density at radius 3 is 2.79 bits per heavy atom. The van der Waals surface area contributed by atoms with Gasteiger partial charge in [0.15, 0.2) is 0 Å². The molecule has 0 unspecified atom stereocenters. The number of nitrogens with zero attached hydrogens (tertiary/aromatic N) is 2. The molecule has 0 aliphatic carbocycles. The van der Waals surface area contributed by atoms with Gasteiger partial charge in [0, 0.05) is 23.6 Å². The number of benzene rings is 1. The predicted molar refractivity (Wildman–Crippen MR) is 75.4 cm³/mol. The van der Waals surface area contributed by atoms with Gasteiger partial charge >= 0.3 is 0 Å². The zero-order valence-corrected chi connectivity index (χ0v) is 11.8. The minimum atomic E-state index is -1.00. The van der Waals surface area contributed by atoms with E-state index < -0.39 is 16.3 Å². The van der Waals surface area contributed by atoms with Gasteiger partial charge in [-0.3, -0.25) is 10.1 Å². The van der Waals surface area contributed by atoms with E-state index in [1.165, 1.54) is 6.07 Å². The lowest BCUT2D eigenvalue weighted by atomic mass is 9.84. The summed E-state index contributed by atoms with van der Waals surface area (Å²) in [5.74, 6) is -0.331. The van der Waals surface area contributed by atoms with Crippen LogP contribution >= 0.6 is 23.8 Å². The molecule has 0 saturated carbocycles. The molecule has 0 fully saturated rings. The van der Waals surface area contributed by atoms with Gasteiger partial charge < -0.3 is 0 Å². The van der Waals surface area contributed by atoms with Crippen molar-refractivity contribution in [3.8, 4) is 0 Å². The number of alkyl halides is 1. The maximum Gasteiger partial charge on any atom is 0.270 e. The van der Waals surface area contributed by atoms with Crippen LogP contribution in [0, 0.1) is 15.9 Å². The van der Waals surface area contributed by atoms with Crippen LogP contribution in [0.2, 0.25) is 0 Å². The minimum absolute atomic E-state index is 0.127. The monoisotopic (exact) mass is 302 g/mol. The van der Waals surface area contributed by atoms with E-state index in [1.807, 2.05) is 0 Å². The second-order valence-corrected chi connectivity index (χ2v) is 4.51. The Labute approximate surface area is 120 Å². The van der Waals surface area contributed by atoms with Crippen molar-refractivity contribution in [2.24, 2.45) is 4.99 Å². The normalized spacial score (nSPS) is 13.4. The second-order valence-electron chi connectivity index (χ2n) is 3.95. The van der Waals surface area contributed by atoms with Crippen molar-refractivity contribution >= 4 is 34.7 Å². The van der Waals surface area contributed by atoms with E-state index >= 15 is 0 Å². The number of isothiocyanates is 1. The van der Waals surface area contributed by atoms with E-state index in [1.54, 1.807) is 6.92 Å². The van der Waals surface area contributed by atoms with Gasteiger partial charge in [-0.05, 0) is 31.1 Å². The van der Waals surface area contributed by atoms with Crippen molar-refractivity contribution in [2.75, 3.05) is 5.88 Å². The largest absolute Gasteiger partial charge is 0.270 e. The van der Waals surface area contributed by atoms with E-state index in [0.717, 1.165) is 12.1 Å². The summed E-state index contributed by atoms with van der Waals surface area (Å²) in [4.78, 5) is 14.2. The van der Waals surface area contributed by atoms with Crippen LogP contribution in [0.25, 0.3) is 0 Å². The summed E-state index contributed by atoms with van der Waals surface area (Å²) in [6, 6.07) is 3.35. The number of rotatable bonds is 6. The molecule has 0 amide bonds. The van der Waals surface area contributed by atoms with Gasteiger partial charge in [-0.25, -0.2) is 9.38 Å². The van der Waals surface area contributed by atoms with Gasteiger partial charge in [0.25, 0.3) is 5.69 Å². The van der Waals surface area contributed by atoms with Gasteiger partial charge in [0.05, 0.1) is 15.6 Å². The smallest absolute Gasteiger partial charge is 0.258 e. The third-order valence-electron chi connectivity index (χ3n) is 3.01. The van der Waals surface area contributed by atoms with Crippen LogP contribution in [0.5, 0.6) is 0 Å². The number of hydrogen-bond acceptors (Lipinski definition) is 4. The van der Waals surface area contributed by atoms with Crippen LogP contribution in [0.15, 0.2) is 23.2 Å². The molecule has 0 spiro atoms. The van der Waals surface area contributed by atoms with Crippen molar-refractivity contribution in [3.63, 3.8) is 0 Å². The van der Waals surface area contributed by atoms with E-state index in [4.69, 9.17) is 11.6 Å². The number of aliphatic imine (C=N–C) groups is 1. The molecule has 0 bridgehead atoms. The van der Waals surface area contributed by atoms with Crippen LogP contribution in [-0.2, 0) is 5.54 Å². The molecule has 1 atom stereocenters. The Bertz CT molecular complexity index is 534. The topological polar surface area (TPSA) is 55.5 Å². The van der Waals surface area contributed by atoms with Gasteiger partial charge in [-0.15, -0.1) is 11.6 Å². The first-order valence-corrected chi connectivity index (χ1v) is 6.54. The summed E-state index contributed by atoms with van der Waals surface area (Å²) >= 11 is 10.3. The number of halogens is 2. The van der Waals surface area contributed by atoms with Crippen molar-refractivity contribution < 1.29 is 9.31 Å². The molecule has 19 heavy (non-hydrogen) atoms. The van der Waals surface area contributed by atoms with Crippen LogP contribution < -0.4 is 0 Å². The van der Waals surface area contributed by atoms with Crippen LogP contribution in [0.1, 0.15) is 25.3 Å². The third-order valence-corrected chi connectivity index (χ3v) is 3.30. The van der Waals surface area contributed by atoms with E-state index in [0.29, 0.717) is 12.8 Å². The zero-order valence-electron chi connectivity index (χ0n) is 10.2. The summed E-state index contributed by atoms with van der Waals surface area (Å²) in [6.07, 6.45) is 0.744. The SMILES string of the molecule is CC[C@](CCCl)(N=C=S)c1cc([N+](=O)[O-])ccc1F. The Hall–Kier alpha value is -1.36. The van der Waals surface area contributed by atoms with Crippen LogP contribution in [-0.4, -0.2) is 16.0 Å². The highest BCUT2D eigenvalue weighted by molar-refractivity contribution is 7.78. The first-order valence-electron chi connectivity index (χ1n) is 5.60. The first kappa shape index (κ1) is 15.7. The minimum Gasteiger partial charge on any atom is -0.258 e. The Morgan fingerprint density at radius 2 is 2.32 bits per heavy atom. The van der Waals surface area contributed by atoms with Crippen molar-refractivity contribution in [2.45, 2.75) is 25.3 Å². The number of non-ortho nitro benzene ring substituents is 1. The fourth-order valence-corrected chi connectivity index (χ4v) is 2.41.